The van der Waals surface area contributed by atoms with E-state index in [0.29, 0.717) is 28.2 Å². The lowest BCUT2D eigenvalue weighted by molar-refractivity contribution is 0.103. The number of carbonyl (C=O) groups is 1. The highest BCUT2D eigenvalue weighted by atomic mass is 16.1. The fourth-order valence-corrected chi connectivity index (χ4v) is 3.06. The number of benzene rings is 1. The zero-order valence-electron chi connectivity index (χ0n) is 14.4. The van der Waals surface area contributed by atoms with Gasteiger partial charge >= 0.3 is 0 Å². The van der Waals surface area contributed by atoms with Crippen LogP contribution in [0.5, 0.6) is 0 Å². The lowest BCUT2D eigenvalue weighted by Gasteiger charge is -2.32. The Bertz CT molecular complexity index is 912. The van der Waals surface area contributed by atoms with Gasteiger partial charge in [-0.2, -0.15) is 10.1 Å². The first-order valence-corrected chi connectivity index (χ1v) is 8.36. The molecule has 0 unspecified atom stereocenters. The lowest BCUT2D eigenvalue weighted by atomic mass is 10.1. The molecule has 0 aliphatic carbocycles. The molecule has 0 atom stereocenters. The first-order chi connectivity index (χ1) is 12.1. The van der Waals surface area contributed by atoms with E-state index in [2.05, 4.69) is 31.9 Å². The number of aryl methyl sites for hydroxylation is 1. The molecule has 7 heteroatoms. The number of likely N-dealkylation sites (N-methyl/N-ethyl adjacent to an activating group) is 1. The molecule has 0 spiro atoms. The predicted molar refractivity (Wildman–Crippen MR) is 95.9 cm³/mol. The molecular formula is C18H20N6O. The molecule has 4 rings (SSSR count). The van der Waals surface area contributed by atoms with Crippen LogP contribution in [0.1, 0.15) is 16.1 Å². The van der Waals surface area contributed by atoms with Gasteiger partial charge in [0.1, 0.15) is 5.69 Å². The Hall–Kier alpha value is -2.80. The smallest absolute Gasteiger partial charge is 0.228 e. The first-order valence-electron chi connectivity index (χ1n) is 8.36. The molecule has 0 bridgehead atoms. The van der Waals surface area contributed by atoms with Gasteiger partial charge in [-0.25, -0.2) is 4.98 Å². The first kappa shape index (κ1) is 15.7. The van der Waals surface area contributed by atoms with Crippen molar-refractivity contribution in [2.75, 3.05) is 38.1 Å². The maximum absolute atomic E-state index is 13.0. The number of carbonyl (C=O) groups excluding carboxylic acids is 1. The number of ketones is 1. The Labute approximate surface area is 145 Å². The van der Waals surface area contributed by atoms with Crippen molar-refractivity contribution in [3.63, 3.8) is 0 Å². The summed E-state index contributed by atoms with van der Waals surface area (Å²) in [5.74, 6) is 0.500. The van der Waals surface area contributed by atoms with Gasteiger partial charge in [-0.1, -0.05) is 30.3 Å². The standard InChI is InChI=1S/C18H20N6O/c1-22-8-10-24(11-9-22)18-20-15(14-12-19-23(2)17(14)21-18)16(25)13-6-4-3-5-7-13/h3-7,12H,8-11H2,1-2H3. The van der Waals surface area contributed by atoms with E-state index in [1.165, 1.54) is 0 Å². The quantitative estimate of drug-likeness (QED) is 0.673. The normalized spacial score (nSPS) is 15.7. The fraction of sp³-hybridized carbons (Fsp3) is 0.333. The third kappa shape index (κ3) is 2.87. The number of hydrogen-bond donors (Lipinski definition) is 0. The zero-order valence-corrected chi connectivity index (χ0v) is 14.4. The summed E-state index contributed by atoms with van der Waals surface area (Å²) in [7, 11) is 3.94. The van der Waals surface area contributed by atoms with Crippen LogP contribution in [-0.2, 0) is 7.05 Å². The molecule has 1 fully saturated rings. The molecule has 1 aliphatic rings. The summed E-state index contributed by atoms with van der Waals surface area (Å²) in [6.45, 7) is 3.60. The minimum absolute atomic E-state index is 0.101. The Balaban J connectivity index is 1.81. The summed E-state index contributed by atoms with van der Waals surface area (Å²) in [6.07, 6.45) is 1.67. The summed E-state index contributed by atoms with van der Waals surface area (Å²) in [5.41, 5.74) is 1.72. The average molecular weight is 336 g/mol. The molecule has 0 N–H and O–H groups in total. The summed E-state index contributed by atoms with van der Waals surface area (Å²) in [4.78, 5) is 26.7. The maximum Gasteiger partial charge on any atom is 0.228 e. The zero-order chi connectivity index (χ0) is 17.4. The van der Waals surface area contributed by atoms with Gasteiger partial charge in [0.25, 0.3) is 0 Å². The topological polar surface area (TPSA) is 67.2 Å². The van der Waals surface area contributed by atoms with Gasteiger partial charge in [0.2, 0.25) is 11.7 Å². The molecule has 1 aromatic carbocycles. The summed E-state index contributed by atoms with van der Waals surface area (Å²) in [5, 5.41) is 4.96. The Kier molecular flexibility index (Phi) is 3.93. The van der Waals surface area contributed by atoms with Crippen LogP contribution in [0, 0.1) is 0 Å². The molecule has 3 aromatic rings. The number of piperazine rings is 1. The van der Waals surface area contributed by atoms with Crippen molar-refractivity contribution in [2.45, 2.75) is 0 Å². The van der Waals surface area contributed by atoms with E-state index in [9.17, 15) is 4.79 Å². The summed E-state index contributed by atoms with van der Waals surface area (Å²) >= 11 is 0. The SMILES string of the molecule is CN1CCN(c2nc(C(=O)c3ccccc3)c3cnn(C)c3n2)CC1. The van der Waals surface area contributed by atoms with Crippen LogP contribution in [0.15, 0.2) is 36.5 Å². The van der Waals surface area contributed by atoms with Gasteiger partial charge in [0.05, 0.1) is 11.6 Å². The van der Waals surface area contributed by atoms with Crippen LogP contribution in [0.4, 0.5) is 5.95 Å². The van der Waals surface area contributed by atoms with Crippen LogP contribution in [0.2, 0.25) is 0 Å². The van der Waals surface area contributed by atoms with E-state index in [4.69, 9.17) is 0 Å². The van der Waals surface area contributed by atoms with E-state index in [1.54, 1.807) is 10.9 Å². The number of nitrogens with zero attached hydrogens (tertiary/aromatic N) is 6. The Morgan fingerprint density at radius 2 is 1.72 bits per heavy atom. The van der Waals surface area contributed by atoms with Crippen molar-refractivity contribution in [2.24, 2.45) is 7.05 Å². The number of rotatable bonds is 3. The summed E-state index contributed by atoms with van der Waals surface area (Å²) < 4.78 is 1.69. The minimum atomic E-state index is -0.101. The van der Waals surface area contributed by atoms with E-state index < -0.39 is 0 Å². The average Bonchev–Trinajstić information content (AvgIpc) is 3.03. The summed E-state index contributed by atoms with van der Waals surface area (Å²) in [6, 6.07) is 9.23. The highest BCUT2D eigenvalue weighted by Crippen LogP contribution is 2.22. The second kappa shape index (κ2) is 6.25. The highest BCUT2D eigenvalue weighted by Gasteiger charge is 2.23. The van der Waals surface area contributed by atoms with Crippen LogP contribution in [-0.4, -0.2) is 63.7 Å². The van der Waals surface area contributed by atoms with E-state index in [1.807, 2.05) is 37.4 Å². The third-order valence-corrected chi connectivity index (χ3v) is 4.62. The van der Waals surface area contributed by atoms with Gasteiger partial charge in [-0.15, -0.1) is 0 Å². The molecule has 3 heterocycles. The monoisotopic (exact) mass is 336 g/mol. The molecule has 0 saturated carbocycles. The van der Waals surface area contributed by atoms with Crippen molar-refractivity contribution in [3.8, 4) is 0 Å². The third-order valence-electron chi connectivity index (χ3n) is 4.62. The van der Waals surface area contributed by atoms with E-state index in [-0.39, 0.29) is 5.78 Å². The van der Waals surface area contributed by atoms with Crippen LogP contribution < -0.4 is 4.90 Å². The number of anilines is 1. The second-order valence-corrected chi connectivity index (χ2v) is 6.36. The van der Waals surface area contributed by atoms with E-state index >= 15 is 0 Å². The lowest BCUT2D eigenvalue weighted by Crippen LogP contribution is -2.45. The fourth-order valence-electron chi connectivity index (χ4n) is 3.06. The molecular weight excluding hydrogens is 316 g/mol. The van der Waals surface area contributed by atoms with Gasteiger partial charge in [-0.05, 0) is 7.05 Å². The predicted octanol–water partition coefficient (Wildman–Crippen LogP) is 1.35. The highest BCUT2D eigenvalue weighted by molar-refractivity contribution is 6.14. The van der Waals surface area contributed by atoms with Gasteiger partial charge in [0.15, 0.2) is 5.65 Å². The van der Waals surface area contributed by atoms with E-state index in [0.717, 1.165) is 26.2 Å². The van der Waals surface area contributed by atoms with Crippen molar-refractivity contribution >= 4 is 22.8 Å². The Morgan fingerprint density at radius 1 is 1.00 bits per heavy atom. The van der Waals surface area contributed by atoms with Gasteiger partial charge < -0.3 is 9.80 Å². The van der Waals surface area contributed by atoms with Crippen molar-refractivity contribution in [1.82, 2.24) is 24.6 Å². The molecule has 1 saturated heterocycles. The Morgan fingerprint density at radius 3 is 2.44 bits per heavy atom. The molecule has 25 heavy (non-hydrogen) atoms. The second-order valence-electron chi connectivity index (χ2n) is 6.36. The number of fused-ring (bicyclic) bond motifs is 1. The van der Waals surface area contributed by atoms with Crippen molar-refractivity contribution < 1.29 is 4.79 Å². The molecule has 7 nitrogen and oxygen atoms in total. The minimum Gasteiger partial charge on any atom is -0.338 e. The molecule has 0 amide bonds. The van der Waals surface area contributed by atoms with Crippen LogP contribution in [0.25, 0.3) is 11.0 Å². The molecule has 0 radical (unpaired) electrons. The van der Waals surface area contributed by atoms with Crippen molar-refractivity contribution in [1.29, 1.82) is 0 Å². The van der Waals surface area contributed by atoms with Gasteiger partial charge in [-0.3, -0.25) is 9.48 Å². The van der Waals surface area contributed by atoms with Crippen LogP contribution >= 0.6 is 0 Å². The largest absolute Gasteiger partial charge is 0.338 e. The number of aromatic nitrogens is 4. The van der Waals surface area contributed by atoms with Gasteiger partial charge in [0, 0.05) is 38.8 Å². The van der Waals surface area contributed by atoms with Crippen molar-refractivity contribution in [3.05, 3.63) is 47.8 Å². The maximum atomic E-state index is 13.0. The molecule has 2 aromatic heterocycles. The molecule has 128 valence electrons. The number of hydrogen-bond acceptors (Lipinski definition) is 6. The molecule has 1 aliphatic heterocycles. The van der Waals surface area contributed by atoms with Crippen LogP contribution in [0.3, 0.4) is 0 Å².